The number of nitro benzene ring substituents is 1. The van der Waals surface area contributed by atoms with E-state index < -0.39 is 4.92 Å². The van der Waals surface area contributed by atoms with Crippen molar-refractivity contribution in [3.8, 4) is 0 Å². The summed E-state index contributed by atoms with van der Waals surface area (Å²) in [5.74, 6) is 0. The highest BCUT2D eigenvalue weighted by molar-refractivity contribution is 5.71. The van der Waals surface area contributed by atoms with Gasteiger partial charge < -0.3 is 5.73 Å². The van der Waals surface area contributed by atoms with Crippen LogP contribution >= 0.6 is 0 Å². The number of nitro groups is 1. The van der Waals surface area contributed by atoms with Crippen LogP contribution in [0.25, 0.3) is 16.5 Å². The maximum atomic E-state index is 10.7. The molecule has 1 rings (SSSR count). The third-order valence-corrected chi connectivity index (χ3v) is 1.83. The van der Waals surface area contributed by atoms with E-state index in [4.69, 9.17) is 11.3 Å². The Morgan fingerprint density at radius 3 is 3.00 bits per heavy atom. The summed E-state index contributed by atoms with van der Waals surface area (Å²) in [6.07, 6.45) is 3.03. The number of hydrogen-bond donors (Lipinski definition) is 1. The van der Waals surface area contributed by atoms with Crippen molar-refractivity contribution in [1.82, 2.24) is 0 Å². The fourth-order valence-corrected chi connectivity index (χ4v) is 1.19. The van der Waals surface area contributed by atoms with Gasteiger partial charge in [-0.15, -0.1) is 0 Å². The van der Waals surface area contributed by atoms with Crippen LogP contribution in [0.5, 0.6) is 0 Å². The SMILES string of the molecule is [N-]=[N+]=NCC=Cc1cccc(N)c1[N+](=O)[O-]. The van der Waals surface area contributed by atoms with Gasteiger partial charge in [0, 0.05) is 11.5 Å². The monoisotopic (exact) mass is 219 g/mol. The standard InChI is InChI=1S/C9H9N5O2/c10-8-5-1-3-7(9(8)14(15)16)4-2-6-12-13-11/h1-5H,6,10H2. The second-order valence-electron chi connectivity index (χ2n) is 2.86. The quantitative estimate of drug-likeness (QED) is 0.209. The van der Waals surface area contributed by atoms with Gasteiger partial charge in [0.05, 0.1) is 10.5 Å². The molecule has 82 valence electrons. The van der Waals surface area contributed by atoms with E-state index in [1.165, 1.54) is 18.2 Å². The molecule has 0 radical (unpaired) electrons. The van der Waals surface area contributed by atoms with Gasteiger partial charge in [0.15, 0.2) is 0 Å². The highest BCUT2D eigenvalue weighted by Crippen LogP contribution is 2.26. The Labute approximate surface area is 91.0 Å². The molecule has 0 aliphatic heterocycles. The summed E-state index contributed by atoms with van der Waals surface area (Å²) >= 11 is 0. The minimum Gasteiger partial charge on any atom is -0.393 e. The van der Waals surface area contributed by atoms with Crippen LogP contribution in [-0.2, 0) is 0 Å². The number of nitrogen functional groups attached to an aromatic ring is 1. The fraction of sp³-hybridized carbons (Fsp3) is 0.111. The molecule has 0 saturated heterocycles. The molecule has 1 aromatic rings. The van der Waals surface area contributed by atoms with Gasteiger partial charge in [-0.05, 0) is 17.7 Å². The van der Waals surface area contributed by atoms with Gasteiger partial charge in [-0.3, -0.25) is 10.1 Å². The lowest BCUT2D eigenvalue weighted by atomic mass is 10.1. The number of nitrogens with two attached hydrogens (primary N) is 1. The lowest BCUT2D eigenvalue weighted by Crippen LogP contribution is -1.97. The molecule has 16 heavy (non-hydrogen) atoms. The molecule has 0 aliphatic carbocycles. The van der Waals surface area contributed by atoms with Crippen LogP contribution in [0.4, 0.5) is 11.4 Å². The Bertz CT molecular complexity index is 477. The van der Waals surface area contributed by atoms with Crippen molar-refractivity contribution in [3.05, 3.63) is 50.4 Å². The number of anilines is 1. The predicted molar refractivity (Wildman–Crippen MR) is 60.6 cm³/mol. The van der Waals surface area contributed by atoms with Gasteiger partial charge >= 0.3 is 0 Å². The number of rotatable bonds is 4. The van der Waals surface area contributed by atoms with E-state index in [-0.39, 0.29) is 17.9 Å². The molecule has 2 N–H and O–H groups in total. The van der Waals surface area contributed by atoms with Crippen LogP contribution in [0.15, 0.2) is 29.4 Å². The smallest absolute Gasteiger partial charge is 0.299 e. The number of para-hydroxylation sites is 1. The molecule has 0 aromatic heterocycles. The van der Waals surface area contributed by atoms with Gasteiger partial charge in [0.2, 0.25) is 0 Å². The van der Waals surface area contributed by atoms with E-state index in [0.717, 1.165) is 0 Å². The normalized spacial score (nSPS) is 10.0. The molecule has 0 unspecified atom stereocenters. The Morgan fingerprint density at radius 2 is 2.38 bits per heavy atom. The summed E-state index contributed by atoms with van der Waals surface area (Å²) in [4.78, 5) is 12.8. The van der Waals surface area contributed by atoms with Gasteiger partial charge in [-0.25, -0.2) is 0 Å². The summed E-state index contributed by atoms with van der Waals surface area (Å²) in [5, 5.41) is 14.0. The van der Waals surface area contributed by atoms with Crippen LogP contribution in [0.2, 0.25) is 0 Å². The second-order valence-corrected chi connectivity index (χ2v) is 2.86. The minimum atomic E-state index is -0.539. The van der Waals surface area contributed by atoms with Gasteiger partial charge in [0.25, 0.3) is 5.69 Å². The van der Waals surface area contributed by atoms with E-state index in [0.29, 0.717) is 5.56 Å². The Kier molecular flexibility index (Phi) is 3.88. The zero-order valence-corrected chi connectivity index (χ0v) is 8.28. The van der Waals surface area contributed by atoms with E-state index in [9.17, 15) is 10.1 Å². The van der Waals surface area contributed by atoms with E-state index in [2.05, 4.69) is 10.0 Å². The molecule has 0 atom stereocenters. The highest BCUT2D eigenvalue weighted by Gasteiger charge is 2.14. The molecular formula is C9H9N5O2. The zero-order valence-electron chi connectivity index (χ0n) is 8.28. The molecule has 0 fully saturated rings. The van der Waals surface area contributed by atoms with Gasteiger partial charge in [-0.2, -0.15) is 0 Å². The van der Waals surface area contributed by atoms with E-state index in [1.54, 1.807) is 12.1 Å². The molecule has 7 heteroatoms. The van der Waals surface area contributed by atoms with Crippen LogP contribution < -0.4 is 5.73 Å². The van der Waals surface area contributed by atoms with Crippen molar-refractivity contribution in [2.75, 3.05) is 12.3 Å². The van der Waals surface area contributed by atoms with Crippen molar-refractivity contribution in [2.24, 2.45) is 5.11 Å². The molecule has 0 amide bonds. The first kappa shape index (κ1) is 11.5. The maximum absolute atomic E-state index is 10.7. The molecule has 0 aliphatic rings. The Balaban J connectivity index is 3.04. The molecule has 7 nitrogen and oxygen atoms in total. The molecular weight excluding hydrogens is 210 g/mol. The number of hydrogen-bond acceptors (Lipinski definition) is 4. The summed E-state index contributed by atoms with van der Waals surface area (Å²) < 4.78 is 0. The van der Waals surface area contributed by atoms with Crippen LogP contribution in [0.3, 0.4) is 0 Å². The molecule has 1 aromatic carbocycles. The minimum absolute atomic E-state index is 0.107. The average molecular weight is 219 g/mol. The van der Waals surface area contributed by atoms with Gasteiger partial charge in [0.1, 0.15) is 5.69 Å². The summed E-state index contributed by atoms with van der Waals surface area (Å²) in [5.41, 5.74) is 13.9. The maximum Gasteiger partial charge on any atom is 0.299 e. The van der Waals surface area contributed by atoms with Gasteiger partial charge in [-0.1, -0.05) is 23.3 Å². The number of azide groups is 1. The summed E-state index contributed by atoms with van der Waals surface area (Å²) in [6, 6.07) is 4.65. The first-order valence-corrected chi connectivity index (χ1v) is 4.37. The van der Waals surface area contributed by atoms with Crippen molar-refractivity contribution in [3.63, 3.8) is 0 Å². The van der Waals surface area contributed by atoms with E-state index >= 15 is 0 Å². The zero-order chi connectivity index (χ0) is 12.0. The molecule has 0 heterocycles. The number of nitrogens with zero attached hydrogens (tertiary/aromatic N) is 4. The van der Waals surface area contributed by atoms with Crippen molar-refractivity contribution >= 4 is 17.5 Å². The second kappa shape index (κ2) is 5.38. The largest absolute Gasteiger partial charge is 0.393 e. The third kappa shape index (κ3) is 2.73. The molecule has 0 saturated carbocycles. The topological polar surface area (TPSA) is 118 Å². The van der Waals surface area contributed by atoms with Crippen LogP contribution in [0.1, 0.15) is 5.56 Å². The molecule has 0 spiro atoms. The first-order valence-electron chi connectivity index (χ1n) is 4.37. The highest BCUT2D eigenvalue weighted by atomic mass is 16.6. The summed E-state index contributed by atoms with van der Waals surface area (Å²) in [7, 11) is 0. The Hall–Kier alpha value is -2.53. The average Bonchev–Trinajstić information content (AvgIpc) is 2.24. The lowest BCUT2D eigenvalue weighted by Gasteiger charge is -1.99. The molecule has 0 bridgehead atoms. The first-order chi connectivity index (χ1) is 7.66. The lowest BCUT2D eigenvalue weighted by molar-refractivity contribution is -0.384. The number of benzene rings is 1. The Morgan fingerprint density at radius 1 is 1.62 bits per heavy atom. The van der Waals surface area contributed by atoms with Crippen molar-refractivity contribution in [1.29, 1.82) is 0 Å². The van der Waals surface area contributed by atoms with Crippen LogP contribution in [-0.4, -0.2) is 11.5 Å². The predicted octanol–water partition coefficient (Wildman–Crippen LogP) is 2.50. The summed E-state index contributed by atoms with van der Waals surface area (Å²) in [6.45, 7) is 0.141. The van der Waals surface area contributed by atoms with E-state index in [1.807, 2.05) is 0 Å². The van der Waals surface area contributed by atoms with Crippen molar-refractivity contribution < 1.29 is 4.92 Å². The third-order valence-electron chi connectivity index (χ3n) is 1.83. The van der Waals surface area contributed by atoms with Crippen molar-refractivity contribution in [2.45, 2.75) is 0 Å². The fourth-order valence-electron chi connectivity index (χ4n) is 1.19. The van der Waals surface area contributed by atoms with Crippen LogP contribution in [0, 0.1) is 10.1 Å².